The zero-order chi connectivity index (χ0) is 34.9. The van der Waals surface area contributed by atoms with E-state index >= 15 is 0 Å². The minimum Gasteiger partial charge on any atom is -0.490 e. The Morgan fingerprint density at radius 3 is 2.53 bits per heavy atom. The molecule has 2 amide bonds. The molecule has 256 valence electrons. The van der Waals surface area contributed by atoms with Crippen LogP contribution in [0.5, 0.6) is 11.5 Å². The molecule has 0 fully saturated rings. The number of benzene rings is 3. The predicted molar refractivity (Wildman–Crippen MR) is 182 cm³/mol. The quantitative estimate of drug-likeness (QED) is 0.0661. The van der Waals surface area contributed by atoms with Crippen molar-refractivity contribution in [3.05, 3.63) is 106 Å². The van der Waals surface area contributed by atoms with Gasteiger partial charge in [-0.2, -0.15) is 5.10 Å². The van der Waals surface area contributed by atoms with Crippen molar-refractivity contribution in [2.75, 3.05) is 26.9 Å². The second-order valence-corrected chi connectivity index (χ2v) is 11.1. The molecule has 0 aliphatic carbocycles. The molecule has 13 heteroatoms. The highest BCUT2D eigenvalue weighted by Crippen LogP contribution is 2.35. The molecule has 0 spiro atoms. The normalized spacial score (nSPS) is 15.0. The molecule has 5 rings (SSSR count). The van der Waals surface area contributed by atoms with Crippen LogP contribution in [0.3, 0.4) is 0 Å². The van der Waals surface area contributed by atoms with Crippen LogP contribution in [0.2, 0.25) is 0 Å². The molecule has 1 aliphatic heterocycles. The van der Waals surface area contributed by atoms with Crippen LogP contribution in [0.4, 0.5) is 4.79 Å². The average Bonchev–Trinajstić information content (AvgIpc) is 3.44. The fraction of sp³-hybridized carbons (Fsp3) is 0.278. The Morgan fingerprint density at radius 2 is 1.80 bits per heavy atom. The highest BCUT2D eigenvalue weighted by atomic mass is 16.5. The number of aliphatic hydroxyl groups is 1. The van der Waals surface area contributed by atoms with Gasteiger partial charge in [-0.1, -0.05) is 36.4 Å². The molecule has 3 aromatic carbocycles. The number of fused-ring (bicyclic) bond motifs is 1. The molecule has 4 N–H and O–H groups in total. The first-order valence-corrected chi connectivity index (χ1v) is 15.8. The third kappa shape index (κ3) is 8.19. The van der Waals surface area contributed by atoms with Gasteiger partial charge < -0.3 is 39.3 Å². The first-order chi connectivity index (χ1) is 23.7. The summed E-state index contributed by atoms with van der Waals surface area (Å²) >= 11 is 0. The zero-order valence-corrected chi connectivity index (χ0v) is 27.7. The summed E-state index contributed by atoms with van der Waals surface area (Å²) in [5.41, 5.74) is 7.30. The summed E-state index contributed by atoms with van der Waals surface area (Å²) < 4.78 is 23.8. The number of ether oxygens (including phenoxy) is 4. The number of carbonyl (C=O) groups is 3. The number of methoxy groups -OCH3 is 1. The monoisotopic (exact) mass is 669 g/mol. The first kappa shape index (κ1) is 34.5. The third-order valence-electron chi connectivity index (χ3n) is 7.74. The van der Waals surface area contributed by atoms with E-state index in [4.69, 9.17) is 18.9 Å². The number of nitrogens with zero attached hydrogens (tertiary/aromatic N) is 2. The summed E-state index contributed by atoms with van der Waals surface area (Å²) in [4.78, 5) is 36.7. The van der Waals surface area contributed by atoms with Crippen molar-refractivity contribution in [1.82, 2.24) is 20.6 Å². The molecule has 0 unspecified atom stereocenters. The van der Waals surface area contributed by atoms with Crippen LogP contribution in [0.1, 0.15) is 53.9 Å². The number of nitrogens with one attached hydrogen (secondary N) is 3. The number of hydrazone groups is 1. The first-order valence-electron chi connectivity index (χ1n) is 15.8. The molecule has 4 aromatic rings. The maximum absolute atomic E-state index is 12.5. The molecule has 0 saturated heterocycles. The van der Waals surface area contributed by atoms with Crippen LogP contribution in [-0.2, 0) is 20.8 Å². The number of aromatic nitrogens is 1. The van der Waals surface area contributed by atoms with Crippen molar-refractivity contribution < 1.29 is 38.4 Å². The number of para-hydroxylation sites is 1. The summed E-state index contributed by atoms with van der Waals surface area (Å²) in [6, 6.07) is 19.1. The van der Waals surface area contributed by atoms with E-state index in [9.17, 15) is 19.5 Å². The molecule has 1 aliphatic rings. The van der Waals surface area contributed by atoms with Crippen LogP contribution in [-0.4, -0.2) is 67.0 Å². The second-order valence-electron chi connectivity index (χ2n) is 11.1. The van der Waals surface area contributed by atoms with Crippen LogP contribution >= 0.6 is 0 Å². The van der Waals surface area contributed by atoms with Crippen molar-refractivity contribution >= 4 is 35.1 Å². The summed E-state index contributed by atoms with van der Waals surface area (Å²) in [5, 5.41) is 21.2. The SMILES string of the molecule is CCOC(=O)c1ccc(Cn2cc(/C=N/N[C@H](O)COc3ccc([C@@H]4NC(=O)NC(C)=C4C(=O)OC)cc3OCC)c3ccccc32)cc1. The predicted octanol–water partition coefficient (Wildman–Crippen LogP) is 4.39. The summed E-state index contributed by atoms with van der Waals surface area (Å²) in [7, 11) is 1.28. The highest BCUT2D eigenvalue weighted by Gasteiger charge is 2.32. The van der Waals surface area contributed by atoms with Gasteiger partial charge in [0.2, 0.25) is 0 Å². The topological polar surface area (TPSA) is 162 Å². The number of rotatable bonds is 14. The van der Waals surface area contributed by atoms with Gasteiger partial charge in [-0.15, -0.1) is 0 Å². The standard InChI is InChI=1S/C36H39N5O8/c1-5-47-30-17-25(33-32(35(44)46-4)22(3)38-36(45)39-33)15-16-29(30)49-21-31(42)40-37-18-26-20-41(28-10-8-7-9-27(26)28)19-23-11-13-24(14-12-23)34(43)48-6-2/h7-18,20,31,33,40,42H,5-6,19,21H2,1-4H3,(H2,38,39,45)/b37-18+/t31-,33+/m1/s1. The average molecular weight is 670 g/mol. The van der Waals surface area contributed by atoms with Crippen molar-refractivity contribution in [2.24, 2.45) is 5.10 Å². The van der Waals surface area contributed by atoms with Gasteiger partial charge in [0.05, 0.1) is 43.7 Å². The van der Waals surface area contributed by atoms with Crippen LogP contribution in [0, 0.1) is 0 Å². The minimum absolute atomic E-state index is 0.156. The van der Waals surface area contributed by atoms with Crippen LogP contribution < -0.4 is 25.5 Å². The molecule has 2 atom stereocenters. The van der Waals surface area contributed by atoms with Gasteiger partial charge in [-0.25, -0.2) is 14.4 Å². The number of hydrogen-bond acceptors (Lipinski definition) is 10. The number of allylic oxidation sites excluding steroid dienone is 1. The Bertz CT molecular complexity index is 1880. The smallest absolute Gasteiger partial charge is 0.338 e. The molecular weight excluding hydrogens is 630 g/mol. The van der Waals surface area contributed by atoms with Crippen LogP contribution in [0.25, 0.3) is 10.9 Å². The van der Waals surface area contributed by atoms with Gasteiger partial charge in [0, 0.05) is 34.9 Å². The van der Waals surface area contributed by atoms with Crippen molar-refractivity contribution in [3.8, 4) is 11.5 Å². The molecule has 0 bridgehead atoms. The number of esters is 2. The van der Waals surface area contributed by atoms with Crippen molar-refractivity contribution in [3.63, 3.8) is 0 Å². The molecule has 13 nitrogen and oxygen atoms in total. The lowest BCUT2D eigenvalue weighted by atomic mass is 9.95. The van der Waals surface area contributed by atoms with Crippen molar-refractivity contribution in [1.29, 1.82) is 0 Å². The minimum atomic E-state index is -1.16. The van der Waals surface area contributed by atoms with Gasteiger partial charge in [0.1, 0.15) is 6.61 Å². The highest BCUT2D eigenvalue weighted by molar-refractivity contribution is 5.99. The van der Waals surface area contributed by atoms with Gasteiger partial charge in [0.25, 0.3) is 0 Å². The van der Waals surface area contributed by atoms with Gasteiger partial charge >= 0.3 is 18.0 Å². The largest absolute Gasteiger partial charge is 0.490 e. The Morgan fingerprint density at radius 1 is 1.02 bits per heavy atom. The summed E-state index contributed by atoms with van der Waals surface area (Å²) in [6.07, 6.45) is 2.45. The Balaban J connectivity index is 1.24. The molecule has 0 radical (unpaired) electrons. The Hall–Kier alpha value is -5.82. The number of amides is 2. The van der Waals surface area contributed by atoms with E-state index in [1.165, 1.54) is 7.11 Å². The van der Waals surface area contributed by atoms with E-state index in [2.05, 4.69) is 25.7 Å². The summed E-state index contributed by atoms with van der Waals surface area (Å²) in [5.74, 6) is -0.198. The van der Waals surface area contributed by atoms with Gasteiger partial charge in [-0.3, -0.25) is 5.43 Å². The van der Waals surface area contributed by atoms with E-state index in [1.807, 2.05) is 49.5 Å². The Kier molecular flexibility index (Phi) is 11.2. The maximum atomic E-state index is 12.5. The molecule has 0 saturated carbocycles. The molecule has 2 heterocycles. The van der Waals surface area contributed by atoms with E-state index in [1.54, 1.807) is 50.4 Å². The van der Waals surface area contributed by atoms with E-state index in [0.29, 0.717) is 48.1 Å². The third-order valence-corrected chi connectivity index (χ3v) is 7.74. The number of urea groups is 1. The van der Waals surface area contributed by atoms with E-state index < -0.39 is 24.3 Å². The zero-order valence-electron chi connectivity index (χ0n) is 27.7. The van der Waals surface area contributed by atoms with Gasteiger partial charge in [-0.05, 0) is 62.2 Å². The second kappa shape index (κ2) is 15.8. The maximum Gasteiger partial charge on any atom is 0.338 e. The molecule has 1 aromatic heterocycles. The fourth-order valence-corrected chi connectivity index (χ4v) is 5.48. The number of hydrogen-bond donors (Lipinski definition) is 4. The fourth-order valence-electron chi connectivity index (χ4n) is 5.48. The van der Waals surface area contributed by atoms with E-state index in [-0.39, 0.29) is 18.1 Å². The lowest BCUT2D eigenvalue weighted by Gasteiger charge is -2.28. The van der Waals surface area contributed by atoms with Crippen molar-refractivity contribution in [2.45, 2.75) is 39.6 Å². The van der Waals surface area contributed by atoms with E-state index in [0.717, 1.165) is 22.0 Å². The Labute approximate surface area is 283 Å². The van der Waals surface area contributed by atoms with Crippen LogP contribution in [0.15, 0.2) is 89.3 Å². The lowest BCUT2D eigenvalue weighted by Crippen LogP contribution is -2.45. The molecular formula is C36H39N5O8. The lowest BCUT2D eigenvalue weighted by molar-refractivity contribution is -0.136. The number of carbonyl (C=O) groups excluding carboxylic acids is 3. The molecule has 49 heavy (non-hydrogen) atoms. The summed E-state index contributed by atoms with van der Waals surface area (Å²) in [6.45, 7) is 6.29. The number of aliphatic hydroxyl groups excluding tert-OH is 1. The van der Waals surface area contributed by atoms with Gasteiger partial charge in [0.15, 0.2) is 17.7 Å².